The highest BCUT2D eigenvalue weighted by atomic mass is 16.6. The van der Waals surface area contributed by atoms with E-state index in [1.807, 2.05) is 218 Å². The molecule has 6 N–H and O–H groups in total. The van der Waals surface area contributed by atoms with Gasteiger partial charge < -0.3 is 29.2 Å². The van der Waals surface area contributed by atoms with E-state index in [1.165, 1.54) is 0 Å². The predicted octanol–water partition coefficient (Wildman–Crippen LogP) is 23.2. The summed E-state index contributed by atoms with van der Waals surface area (Å²) < 4.78 is 23.2. The number of benzene rings is 14. The Kier molecular flexibility index (Phi) is 19.1. The molecule has 0 radical (unpaired) electrons. The maximum atomic E-state index is 13.6. The van der Waals surface area contributed by atoms with Crippen LogP contribution in [-0.4, -0.2) is 34.6 Å². The monoisotopic (exact) mass is 1480 g/mol. The molecule has 0 aliphatic heterocycles. The maximum Gasteiger partial charge on any atom is 0.417 e. The second-order valence-electron chi connectivity index (χ2n) is 30.1. The summed E-state index contributed by atoms with van der Waals surface area (Å²) in [5, 5.41) is 31.3. The Hall–Kier alpha value is -14.2. The van der Waals surface area contributed by atoms with Crippen LogP contribution in [0.25, 0.3) is 22.3 Å². The van der Waals surface area contributed by atoms with Crippen LogP contribution in [0.2, 0.25) is 0 Å². The van der Waals surface area contributed by atoms with E-state index >= 15 is 0 Å². The highest BCUT2D eigenvalue weighted by molar-refractivity contribution is 5.92. The Bertz CT molecular complexity index is 5430. The number of aromatic hydroxyl groups is 2. The van der Waals surface area contributed by atoms with Gasteiger partial charge in [0.25, 0.3) is 0 Å². The summed E-state index contributed by atoms with van der Waals surface area (Å²) in [6.45, 7) is 12.6. The van der Waals surface area contributed by atoms with E-state index in [4.69, 9.17) is 18.9 Å². The minimum Gasteiger partial charge on any atom is -0.508 e. The predicted molar refractivity (Wildman–Crippen MR) is 444 cm³/mol. The summed E-state index contributed by atoms with van der Waals surface area (Å²) in [4.78, 5) is 54.0. The van der Waals surface area contributed by atoms with E-state index < -0.39 is 40.6 Å². The lowest BCUT2D eigenvalue weighted by atomic mass is 9.67. The Labute approximate surface area is 656 Å². The average Bonchev–Trinajstić information content (AvgIpc) is 1.55. The molecule has 0 fully saturated rings. The van der Waals surface area contributed by atoms with Crippen molar-refractivity contribution in [2.45, 2.75) is 68.6 Å². The number of carbonyl (C=O) groups is 4. The Morgan fingerprint density at radius 1 is 0.239 bits per heavy atom. The fourth-order valence-electron chi connectivity index (χ4n) is 16.3. The van der Waals surface area contributed by atoms with Gasteiger partial charge in [0, 0.05) is 39.0 Å². The summed E-state index contributed by atoms with van der Waals surface area (Å²) in [7, 11) is 0. The largest absolute Gasteiger partial charge is 0.508 e. The van der Waals surface area contributed by atoms with Crippen molar-refractivity contribution in [1.82, 2.24) is 0 Å². The zero-order chi connectivity index (χ0) is 78.2. The van der Waals surface area contributed by atoms with Gasteiger partial charge in [0.15, 0.2) is 0 Å². The van der Waals surface area contributed by atoms with E-state index in [9.17, 15) is 29.4 Å². The molecule has 0 bridgehead atoms. The molecule has 14 aromatic rings. The molecule has 556 valence electrons. The molecule has 0 saturated heterocycles. The Morgan fingerprint density at radius 3 is 0.611 bits per heavy atom. The third-order valence-corrected chi connectivity index (χ3v) is 22.5. The number of nitrogens with one attached hydrogen (secondary N) is 4. The van der Waals surface area contributed by atoms with E-state index in [0.717, 1.165) is 100 Å². The number of ether oxygens (including phenoxy) is 4. The number of amides is 4. The van der Waals surface area contributed by atoms with E-state index in [0.29, 0.717) is 45.7 Å². The fourth-order valence-corrected chi connectivity index (χ4v) is 16.3. The van der Waals surface area contributed by atoms with Crippen LogP contribution in [0.3, 0.4) is 0 Å². The first kappa shape index (κ1) is 72.9. The quantitative estimate of drug-likeness (QED) is 0.0481. The summed E-state index contributed by atoms with van der Waals surface area (Å²) in [5.74, 6) is 1.92. The first-order valence-electron chi connectivity index (χ1n) is 37.4. The number of carbonyl (C=O) groups excluding carboxylic acids is 4. The average molecular weight is 1490 g/mol. The molecule has 113 heavy (non-hydrogen) atoms. The third-order valence-electron chi connectivity index (χ3n) is 22.5. The normalized spacial score (nSPS) is 12.9. The van der Waals surface area contributed by atoms with Gasteiger partial charge in [0.05, 0.1) is 10.8 Å². The van der Waals surface area contributed by atoms with Crippen molar-refractivity contribution in [2.75, 3.05) is 21.3 Å². The first-order valence-corrected chi connectivity index (χ1v) is 37.4. The van der Waals surface area contributed by atoms with Gasteiger partial charge in [-0.3, -0.25) is 21.3 Å². The van der Waals surface area contributed by atoms with Gasteiger partial charge in [-0.05, 0) is 221 Å². The Morgan fingerprint density at radius 2 is 0.416 bits per heavy atom. The Balaban J connectivity index is 0.545. The van der Waals surface area contributed by atoms with Crippen molar-refractivity contribution in [3.63, 3.8) is 0 Å². The zero-order valence-corrected chi connectivity index (χ0v) is 63.0. The standard InChI is InChI=1S/C99H80N4O10/c1-95(2,63-31-51-77(104)52-32-63)65-35-55-79(56-36-65)110-91(106)100-73-43-23-69(24-44-73)98(87-19-11-7-15-83(87)84-16-8-12-20-88(84)98)71-27-47-75(48-28-71)102-93(108)112-81-59-39-67(40-60-81)97(5,6)68-41-61-82(62-42-68)113-94(109)103-76-49-29-72(30-50-76)99(89-21-13-9-17-85(89)86-18-10-14-22-90(86)99)70-25-45-74(46-26-70)101-92(107)111-80-57-37-66(38-58-80)96(3,4)64-33-53-78(105)54-34-64/h7-62,104-105H,1-6H3,(H,100,106)(H,101,107)(H,102,108)(H,103,109). The van der Waals surface area contributed by atoms with Crippen molar-refractivity contribution >= 4 is 47.1 Å². The molecule has 2 aliphatic rings. The smallest absolute Gasteiger partial charge is 0.417 e. The number of anilines is 4. The molecule has 14 heteroatoms. The number of hydrogen-bond donors (Lipinski definition) is 6. The van der Waals surface area contributed by atoms with Crippen LogP contribution in [0.1, 0.15) is 119 Å². The van der Waals surface area contributed by atoms with Gasteiger partial charge in [-0.15, -0.1) is 0 Å². The minimum absolute atomic E-state index is 0.208. The number of phenols is 2. The highest BCUT2D eigenvalue weighted by Gasteiger charge is 2.48. The van der Waals surface area contributed by atoms with Gasteiger partial charge in [-0.25, -0.2) is 19.2 Å². The van der Waals surface area contributed by atoms with Crippen LogP contribution >= 0.6 is 0 Å². The molecule has 0 saturated carbocycles. The third kappa shape index (κ3) is 13.9. The fraction of sp³-hybridized carbons (Fsp3) is 0.111. The highest BCUT2D eigenvalue weighted by Crippen LogP contribution is 2.58. The van der Waals surface area contributed by atoms with Crippen LogP contribution in [0.15, 0.2) is 340 Å². The van der Waals surface area contributed by atoms with E-state index in [1.54, 1.807) is 72.8 Å². The molecule has 4 amide bonds. The number of fused-ring (bicyclic) bond motifs is 6. The lowest BCUT2D eigenvalue weighted by molar-refractivity contribution is 0.214. The molecular formula is C99H80N4O10. The van der Waals surface area contributed by atoms with E-state index in [2.05, 4.69) is 111 Å². The molecule has 0 spiro atoms. The van der Waals surface area contributed by atoms with Crippen molar-refractivity contribution in [3.05, 3.63) is 418 Å². The molecule has 0 aromatic heterocycles. The molecule has 16 rings (SSSR count). The topological polar surface area (TPSA) is 194 Å². The molecular weight excluding hydrogens is 1410 g/mol. The van der Waals surface area contributed by atoms with Crippen LogP contribution in [0.4, 0.5) is 41.9 Å². The van der Waals surface area contributed by atoms with Crippen LogP contribution < -0.4 is 40.2 Å². The van der Waals surface area contributed by atoms with Gasteiger partial charge in [-0.2, -0.15) is 0 Å². The molecule has 0 atom stereocenters. The maximum absolute atomic E-state index is 13.6. The summed E-state index contributed by atoms with van der Waals surface area (Å²) in [6, 6.07) is 109. The van der Waals surface area contributed by atoms with Crippen LogP contribution in [0.5, 0.6) is 34.5 Å². The number of rotatable bonds is 18. The SMILES string of the molecule is CC(C)(c1ccc(O)cc1)c1ccc(OC(=O)Nc2ccc(C3(c4ccc(NC(=O)Oc5ccc(C(C)(C)c6ccc(OC(=O)Nc7ccc(C8(c9ccc(NC(=O)Oc%10ccc(C(C)(C)c%11ccc(O)cc%11)cc%10)cc9)c9ccccc9-c9ccccc98)cc7)cc6)cc5)cc4)c4ccccc4-c4ccccc43)cc2)cc1. The van der Waals surface area contributed by atoms with Crippen LogP contribution in [0, 0.1) is 0 Å². The second kappa shape index (κ2) is 29.6. The summed E-state index contributed by atoms with van der Waals surface area (Å²) in [6.07, 6.45) is -2.56. The van der Waals surface area contributed by atoms with Crippen molar-refractivity contribution in [1.29, 1.82) is 0 Å². The molecule has 0 heterocycles. The van der Waals surface area contributed by atoms with Crippen molar-refractivity contribution in [2.24, 2.45) is 0 Å². The van der Waals surface area contributed by atoms with Gasteiger partial charge in [0.1, 0.15) is 34.5 Å². The van der Waals surface area contributed by atoms with Crippen LogP contribution in [-0.2, 0) is 27.1 Å². The van der Waals surface area contributed by atoms with Gasteiger partial charge in [-0.1, -0.05) is 260 Å². The lowest BCUT2D eigenvalue weighted by Crippen LogP contribution is -2.28. The lowest BCUT2D eigenvalue weighted by Gasteiger charge is -2.34. The molecule has 14 aromatic carbocycles. The molecule has 2 aliphatic carbocycles. The van der Waals surface area contributed by atoms with Gasteiger partial charge >= 0.3 is 24.4 Å². The van der Waals surface area contributed by atoms with Crippen molar-refractivity contribution < 1.29 is 48.3 Å². The molecule has 0 unspecified atom stereocenters. The first-order chi connectivity index (χ1) is 54.6. The van der Waals surface area contributed by atoms with Crippen molar-refractivity contribution in [3.8, 4) is 56.8 Å². The minimum atomic E-state index is -0.764. The number of hydrogen-bond acceptors (Lipinski definition) is 10. The zero-order valence-electron chi connectivity index (χ0n) is 63.0. The summed E-state index contributed by atoms with van der Waals surface area (Å²) >= 11 is 0. The number of phenolic OH excluding ortho intramolecular Hbond substituents is 2. The summed E-state index contributed by atoms with van der Waals surface area (Å²) in [5.41, 5.74) is 18.2. The second-order valence-corrected chi connectivity index (χ2v) is 30.1. The van der Waals surface area contributed by atoms with Gasteiger partial charge in [0.2, 0.25) is 0 Å². The molecule has 14 nitrogen and oxygen atoms in total. The van der Waals surface area contributed by atoms with E-state index in [-0.39, 0.29) is 22.3 Å².